The lowest BCUT2D eigenvalue weighted by Gasteiger charge is -2.37. The molecule has 1 aromatic rings. The summed E-state index contributed by atoms with van der Waals surface area (Å²) in [6, 6.07) is 10.5. The van der Waals surface area contributed by atoms with Crippen LogP contribution < -0.4 is 5.32 Å². The number of ether oxygens (including phenoxy) is 1. The largest absolute Gasteiger partial charge is 0.375 e. The summed E-state index contributed by atoms with van der Waals surface area (Å²) in [7, 11) is 0. The van der Waals surface area contributed by atoms with E-state index < -0.39 is 0 Å². The second-order valence-electron chi connectivity index (χ2n) is 6.80. The number of nitrogens with zero attached hydrogens (tertiary/aromatic N) is 1. The molecule has 0 aliphatic carbocycles. The van der Waals surface area contributed by atoms with E-state index in [0.717, 1.165) is 44.8 Å². The van der Waals surface area contributed by atoms with Crippen LogP contribution in [0.3, 0.4) is 0 Å². The zero-order chi connectivity index (χ0) is 16.1. The molecule has 1 N–H and O–H groups in total. The summed E-state index contributed by atoms with van der Waals surface area (Å²) in [5.74, 6) is 0.964. The highest BCUT2D eigenvalue weighted by atomic mass is 35.5. The lowest BCUT2D eigenvalue weighted by atomic mass is 9.90. The Morgan fingerprint density at radius 1 is 1.25 bits per heavy atom. The summed E-state index contributed by atoms with van der Waals surface area (Å²) in [5.41, 5.74) is 1.42. The van der Waals surface area contributed by atoms with E-state index in [1.165, 1.54) is 12.0 Å². The number of amides is 1. The van der Waals surface area contributed by atoms with Crippen LogP contribution in [0.15, 0.2) is 30.3 Å². The van der Waals surface area contributed by atoms with Gasteiger partial charge in [-0.2, -0.15) is 0 Å². The minimum atomic E-state index is -0.162. The first-order valence-electron chi connectivity index (χ1n) is 8.92. The molecule has 24 heavy (non-hydrogen) atoms. The number of carbonyl (C=O) groups is 1. The maximum atomic E-state index is 12.6. The molecule has 2 atom stereocenters. The molecular weight excluding hydrogens is 324 g/mol. The van der Waals surface area contributed by atoms with Gasteiger partial charge in [0.1, 0.15) is 6.04 Å². The third kappa shape index (κ3) is 4.95. The zero-order valence-corrected chi connectivity index (χ0v) is 15.3. The topological polar surface area (TPSA) is 41.6 Å². The molecule has 1 aromatic carbocycles. The highest BCUT2D eigenvalue weighted by Gasteiger charge is 2.33. The van der Waals surface area contributed by atoms with E-state index in [1.807, 2.05) is 11.8 Å². The maximum absolute atomic E-state index is 12.6. The number of hydrogen-bond acceptors (Lipinski definition) is 3. The van der Waals surface area contributed by atoms with Crippen LogP contribution in [0, 0.1) is 5.92 Å². The number of halogens is 1. The molecule has 0 bridgehead atoms. The van der Waals surface area contributed by atoms with Crippen LogP contribution in [0.25, 0.3) is 0 Å². The second kappa shape index (κ2) is 9.40. The number of aryl methyl sites for hydroxylation is 1. The predicted molar refractivity (Wildman–Crippen MR) is 98.5 cm³/mol. The molecule has 5 heteroatoms. The molecule has 2 aliphatic rings. The Morgan fingerprint density at radius 3 is 2.62 bits per heavy atom. The van der Waals surface area contributed by atoms with Crippen LogP contribution in [0.5, 0.6) is 0 Å². The van der Waals surface area contributed by atoms with Crippen molar-refractivity contribution in [2.45, 2.75) is 44.8 Å². The number of piperidine rings is 1. The van der Waals surface area contributed by atoms with Crippen LogP contribution in [-0.4, -0.2) is 49.2 Å². The third-order valence-electron chi connectivity index (χ3n) is 5.19. The van der Waals surface area contributed by atoms with E-state index in [9.17, 15) is 4.79 Å². The molecule has 2 saturated heterocycles. The van der Waals surface area contributed by atoms with Gasteiger partial charge in [-0.1, -0.05) is 30.3 Å². The van der Waals surface area contributed by atoms with Crippen molar-refractivity contribution in [2.24, 2.45) is 5.92 Å². The first kappa shape index (κ1) is 19.2. The van der Waals surface area contributed by atoms with Gasteiger partial charge in [-0.25, -0.2) is 0 Å². The quantitative estimate of drug-likeness (QED) is 0.905. The highest BCUT2D eigenvalue weighted by molar-refractivity contribution is 5.85. The Hall–Kier alpha value is -1.10. The average molecular weight is 353 g/mol. The van der Waals surface area contributed by atoms with Crippen molar-refractivity contribution in [3.63, 3.8) is 0 Å². The summed E-state index contributed by atoms with van der Waals surface area (Å²) in [6.07, 6.45) is 4.61. The van der Waals surface area contributed by atoms with Crippen molar-refractivity contribution >= 4 is 18.3 Å². The van der Waals surface area contributed by atoms with Gasteiger partial charge in [0.05, 0.1) is 12.7 Å². The third-order valence-corrected chi connectivity index (χ3v) is 5.19. The number of carbonyl (C=O) groups excluding carboxylic acids is 1. The van der Waals surface area contributed by atoms with Crippen LogP contribution >= 0.6 is 12.4 Å². The lowest BCUT2D eigenvalue weighted by Crippen LogP contribution is -2.57. The molecule has 1 amide bonds. The van der Waals surface area contributed by atoms with Gasteiger partial charge in [-0.15, -0.1) is 12.4 Å². The number of nitrogens with one attached hydrogen (secondary N) is 1. The van der Waals surface area contributed by atoms with Gasteiger partial charge in [0.2, 0.25) is 5.91 Å². The van der Waals surface area contributed by atoms with Crippen LogP contribution in [-0.2, 0) is 16.0 Å². The molecule has 0 radical (unpaired) electrons. The average Bonchev–Trinajstić information content (AvgIpc) is 2.61. The SMILES string of the molecule is C[C@H]1OCCN[C@@H]1C(=O)N1CCC(CCc2ccccc2)CC1.Cl. The van der Waals surface area contributed by atoms with Gasteiger partial charge in [-0.3, -0.25) is 4.79 Å². The van der Waals surface area contributed by atoms with Gasteiger partial charge in [0.25, 0.3) is 0 Å². The fourth-order valence-corrected chi connectivity index (χ4v) is 3.66. The van der Waals surface area contributed by atoms with Crippen LogP contribution in [0.1, 0.15) is 31.7 Å². The van der Waals surface area contributed by atoms with Crippen molar-refractivity contribution in [3.8, 4) is 0 Å². The Kier molecular flexibility index (Phi) is 7.53. The Labute approximate surface area is 151 Å². The summed E-state index contributed by atoms with van der Waals surface area (Å²) in [4.78, 5) is 14.7. The lowest BCUT2D eigenvalue weighted by molar-refractivity contribution is -0.140. The standard InChI is InChI=1S/C19H28N2O2.ClH/c1-15-18(20-11-14-23-15)19(22)21-12-9-17(10-13-21)8-7-16-5-3-2-4-6-16;/h2-6,15,17-18,20H,7-14H2,1H3;1H/t15-,18+;/m1./s1. The monoisotopic (exact) mass is 352 g/mol. The molecule has 0 saturated carbocycles. The van der Waals surface area contributed by atoms with Gasteiger partial charge in [-0.05, 0) is 44.1 Å². The first-order chi connectivity index (χ1) is 11.2. The first-order valence-corrected chi connectivity index (χ1v) is 8.92. The molecular formula is C19H29ClN2O2. The highest BCUT2D eigenvalue weighted by Crippen LogP contribution is 2.23. The van der Waals surface area contributed by atoms with Crippen molar-refractivity contribution in [1.29, 1.82) is 0 Å². The van der Waals surface area contributed by atoms with Crippen LogP contribution in [0.4, 0.5) is 0 Å². The van der Waals surface area contributed by atoms with Crippen LogP contribution in [0.2, 0.25) is 0 Å². The van der Waals surface area contributed by atoms with E-state index in [4.69, 9.17) is 4.74 Å². The van der Waals surface area contributed by atoms with E-state index >= 15 is 0 Å². The molecule has 2 heterocycles. The number of rotatable bonds is 4. The van der Waals surface area contributed by atoms with E-state index in [1.54, 1.807) is 0 Å². The molecule has 3 rings (SSSR count). The Balaban J connectivity index is 0.00000208. The van der Waals surface area contributed by atoms with E-state index in [2.05, 4.69) is 35.6 Å². The smallest absolute Gasteiger partial charge is 0.242 e. The zero-order valence-electron chi connectivity index (χ0n) is 14.4. The molecule has 0 aromatic heterocycles. The summed E-state index contributed by atoms with van der Waals surface area (Å²) < 4.78 is 5.60. The number of likely N-dealkylation sites (tertiary alicyclic amines) is 1. The summed E-state index contributed by atoms with van der Waals surface area (Å²) in [6.45, 7) is 5.24. The minimum absolute atomic E-state index is 0. The van der Waals surface area contributed by atoms with E-state index in [0.29, 0.717) is 6.61 Å². The summed E-state index contributed by atoms with van der Waals surface area (Å²) in [5, 5.41) is 3.31. The van der Waals surface area contributed by atoms with Crippen molar-refractivity contribution in [2.75, 3.05) is 26.2 Å². The molecule has 0 unspecified atom stereocenters. The molecule has 4 nitrogen and oxygen atoms in total. The Morgan fingerprint density at radius 2 is 1.96 bits per heavy atom. The van der Waals surface area contributed by atoms with Gasteiger partial charge in [0.15, 0.2) is 0 Å². The molecule has 0 spiro atoms. The Bertz CT molecular complexity index is 503. The molecule has 134 valence electrons. The fraction of sp³-hybridized carbons (Fsp3) is 0.632. The number of hydrogen-bond donors (Lipinski definition) is 1. The normalized spacial score (nSPS) is 25.1. The summed E-state index contributed by atoms with van der Waals surface area (Å²) >= 11 is 0. The van der Waals surface area contributed by atoms with Crippen molar-refractivity contribution in [3.05, 3.63) is 35.9 Å². The van der Waals surface area contributed by atoms with Gasteiger partial charge < -0.3 is 15.0 Å². The van der Waals surface area contributed by atoms with Crippen molar-refractivity contribution in [1.82, 2.24) is 10.2 Å². The number of morpholine rings is 1. The van der Waals surface area contributed by atoms with Gasteiger partial charge >= 0.3 is 0 Å². The second-order valence-corrected chi connectivity index (χ2v) is 6.80. The minimum Gasteiger partial charge on any atom is -0.375 e. The van der Waals surface area contributed by atoms with Crippen molar-refractivity contribution < 1.29 is 9.53 Å². The maximum Gasteiger partial charge on any atom is 0.242 e. The molecule has 2 fully saturated rings. The molecule has 2 aliphatic heterocycles. The fourth-order valence-electron chi connectivity index (χ4n) is 3.66. The predicted octanol–water partition coefficient (Wildman–Crippen LogP) is 2.66. The van der Waals surface area contributed by atoms with E-state index in [-0.39, 0.29) is 30.5 Å². The number of benzene rings is 1. The van der Waals surface area contributed by atoms with Gasteiger partial charge in [0, 0.05) is 19.6 Å².